The van der Waals surface area contributed by atoms with Crippen molar-refractivity contribution in [3.63, 3.8) is 0 Å². The van der Waals surface area contributed by atoms with Crippen LogP contribution >= 0.6 is 0 Å². The summed E-state index contributed by atoms with van der Waals surface area (Å²) >= 11 is 0. The molecule has 1 amide bonds. The molecule has 0 unspecified atom stereocenters. The third-order valence-corrected chi connectivity index (χ3v) is 3.69. The monoisotopic (exact) mass is 322 g/mol. The molecule has 0 saturated carbocycles. The SMILES string of the molecule is O=C(NCc1nc(-c2cnccn2)n[nH]1)c1ccc2c(c1)CCO2. The fraction of sp³-hybridized carbons (Fsp3) is 0.188. The molecule has 3 aromatic rings. The zero-order valence-electron chi connectivity index (χ0n) is 12.7. The van der Waals surface area contributed by atoms with Gasteiger partial charge in [0.2, 0.25) is 5.82 Å². The molecule has 1 aliphatic rings. The van der Waals surface area contributed by atoms with E-state index in [1.807, 2.05) is 12.1 Å². The van der Waals surface area contributed by atoms with Gasteiger partial charge in [-0.2, -0.15) is 5.10 Å². The van der Waals surface area contributed by atoms with E-state index in [0.29, 0.717) is 29.5 Å². The molecule has 0 aliphatic carbocycles. The number of fused-ring (bicyclic) bond motifs is 1. The van der Waals surface area contributed by atoms with E-state index in [2.05, 4.69) is 30.5 Å². The number of nitrogens with zero attached hydrogens (tertiary/aromatic N) is 4. The second-order valence-electron chi connectivity index (χ2n) is 5.30. The van der Waals surface area contributed by atoms with Crippen molar-refractivity contribution in [3.05, 3.63) is 53.7 Å². The third-order valence-electron chi connectivity index (χ3n) is 3.69. The first-order valence-electron chi connectivity index (χ1n) is 7.51. The van der Waals surface area contributed by atoms with E-state index in [1.165, 1.54) is 0 Å². The van der Waals surface area contributed by atoms with Crippen LogP contribution in [0.3, 0.4) is 0 Å². The Balaban J connectivity index is 1.42. The van der Waals surface area contributed by atoms with Crippen LogP contribution in [0.2, 0.25) is 0 Å². The molecular formula is C16H14N6O2. The maximum absolute atomic E-state index is 12.3. The first kappa shape index (κ1) is 14.3. The Kier molecular flexibility index (Phi) is 3.62. The van der Waals surface area contributed by atoms with Gasteiger partial charge < -0.3 is 10.1 Å². The number of hydrogen-bond donors (Lipinski definition) is 2. The third kappa shape index (κ3) is 2.81. The summed E-state index contributed by atoms with van der Waals surface area (Å²) in [7, 11) is 0. The second kappa shape index (κ2) is 6.07. The molecule has 0 saturated heterocycles. The van der Waals surface area contributed by atoms with Crippen LogP contribution in [-0.4, -0.2) is 37.7 Å². The minimum absolute atomic E-state index is 0.165. The Labute approximate surface area is 137 Å². The van der Waals surface area contributed by atoms with Crippen LogP contribution < -0.4 is 10.1 Å². The van der Waals surface area contributed by atoms with Crippen molar-refractivity contribution in [1.29, 1.82) is 0 Å². The molecule has 4 rings (SSSR count). The molecular weight excluding hydrogens is 308 g/mol. The normalized spacial score (nSPS) is 12.5. The summed E-state index contributed by atoms with van der Waals surface area (Å²) in [5.41, 5.74) is 2.24. The largest absolute Gasteiger partial charge is 0.493 e. The molecule has 3 heterocycles. The van der Waals surface area contributed by atoms with Crippen molar-refractivity contribution in [2.24, 2.45) is 0 Å². The molecule has 8 heteroatoms. The van der Waals surface area contributed by atoms with Crippen LogP contribution in [0.4, 0.5) is 0 Å². The van der Waals surface area contributed by atoms with Gasteiger partial charge in [-0.1, -0.05) is 0 Å². The smallest absolute Gasteiger partial charge is 0.251 e. The van der Waals surface area contributed by atoms with Gasteiger partial charge >= 0.3 is 0 Å². The van der Waals surface area contributed by atoms with Crippen molar-refractivity contribution in [2.45, 2.75) is 13.0 Å². The summed E-state index contributed by atoms with van der Waals surface area (Å²) < 4.78 is 5.44. The van der Waals surface area contributed by atoms with Crippen LogP contribution in [0.15, 0.2) is 36.8 Å². The Morgan fingerprint density at radius 3 is 3.17 bits per heavy atom. The Morgan fingerprint density at radius 1 is 1.33 bits per heavy atom. The molecule has 2 aromatic heterocycles. The van der Waals surface area contributed by atoms with E-state index in [4.69, 9.17) is 4.74 Å². The summed E-state index contributed by atoms with van der Waals surface area (Å²) in [6.07, 6.45) is 5.57. The van der Waals surface area contributed by atoms with Crippen molar-refractivity contribution >= 4 is 5.91 Å². The van der Waals surface area contributed by atoms with Crippen molar-refractivity contribution < 1.29 is 9.53 Å². The number of carbonyl (C=O) groups excluding carboxylic acids is 1. The molecule has 8 nitrogen and oxygen atoms in total. The average molecular weight is 322 g/mol. The molecule has 24 heavy (non-hydrogen) atoms. The highest BCUT2D eigenvalue weighted by Crippen LogP contribution is 2.25. The second-order valence-corrected chi connectivity index (χ2v) is 5.30. The number of amides is 1. The van der Waals surface area contributed by atoms with Crippen molar-refractivity contribution in [1.82, 2.24) is 30.5 Å². The summed E-state index contributed by atoms with van der Waals surface area (Å²) in [5.74, 6) is 1.69. The number of ether oxygens (including phenoxy) is 1. The van der Waals surface area contributed by atoms with E-state index in [9.17, 15) is 4.79 Å². The predicted octanol–water partition coefficient (Wildman–Crippen LogP) is 1.13. The molecule has 0 bridgehead atoms. The Bertz CT molecular complexity index is 877. The van der Waals surface area contributed by atoms with Crippen LogP contribution in [0.5, 0.6) is 5.75 Å². The van der Waals surface area contributed by atoms with Crippen LogP contribution in [0.1, 0.15) is 21.7 Å². The molecule has 1 aromatic carbocycles. The fourth-order valence-electron chi connectivity index (χ4n) is 2.50. The number of benzene rings is 1. The lowest BCUT2D eigenvalue weighted by Crippen LogP contribution is -2.23. The Morgan fingerprint density at radius 2 is 2.29 bits per heavy atom. The Hall–Kier alpha value is -3.29. The lowest BCUT2D eigenvalue weighted by Gasteiger charge is -2.05. The molecule has 0 radical (unpaired) electrons. The van der Waals surface area contributed by atoms with E-state index >= 15 is 0 Å². The molecule has 0 spiro atoms. The van der Waals surface area contributed by atoms with Gasteiger partial charge in [0.25, 0.3) is 5.91 Å². The summed E-state index contributed by atoms with van der Waals surface area (Å²) in [4.78, 5) is 24.7. The number of carbonyl (C=O) groups is 1. The van der Waals surface area contributed by atoms with Crippen molar-refractivity contribution in [3.8, 4) is 17.3 Å². The molecule has 0 fully saturated rings. The van der Waals surface area contributed by atoms with E-state index in [1.54, 1.807) is 24.7 Å². The average Bonchev–Trinajstić information content (AvgIpc) is 3.29. The highest BCUT2D eigenvalue weighted by molar-refractivity contribution is 5.94. The van der Waals surface area contributed by atoms with Crippen LogP contribution in [-0.2, 0) is 13.0 Å². The number of hydrogen-bond acceptors (Lipinski definition) is 6. The molecule has 0 atom stereocenters. The first-order chi connectivity index (χ1) is 11.8. The lowest BCUT2D eigenvalue weighted by atomic mass is 10.1. The van der Waals surface area contributed by atoms with Crippen LogP contribution in [0, 0.1) is 0 Å². The number of aromatic amines is 1. The van der Waals surface area contributed by atoms with Gasteiger partial charge in [-0.3, -0.25) is 14.9 Å². The maximum atomic E-state index is 12.3. The van der Waals surface area contributed by atoms with E-state index in [-0.39, 0.29) is 12.5 Å². The summed E-state index contributed by atoms with van der Waals surface area (Å²) in [6.45, 7) is 0.920. The van der Waals surface area contributed by atoms with Gasteiger partial charge in [0, 0.05) is 24.4 Å². The number of aromatic nitrogens is 5. The minimum atomic E-state index is -0.165. The number of H-pyrrole nitrogens is 1. The highest BCUT2D eigenvalue weighted by atomic mass is 16.5. The topological polar surface area (TPSA) is 106 Å². The zero-order valence-corrected chi connectivity index (χ0v) is 12.7. The quantitative estimate of drug-likeness (QED) is 0.746. The highest BCUT2D eigenvalue weighted by Gasteiger charge is 2.15. The lowest BCUT2D eigenvalue weighted by molar-refractivity contribution is 0.0950. The van der Waals surface area contributed by atoms with E-state index < -0.39 is 0 Å². The predicted molar refractivity (Wildman–Crippen MR) is 84.2 cm³/mol. The molecule has 120 valence electrons. The molecule has 1 aliphatic heterocycles. The standard InChI is InChI=1S/C16H14N6O2/c23-16(11-1-2-13-10(7-11)3-6-24-13)19-9-14-20-15(22-21-14)12-8-17-4-5-18-12/h1-2,4-5,7-8H,3,6,9H2,(H,19,23)(H,20,21,22). The van der Waals surface area contributed by atoms with Crippen molar-refractivity contribution in [2.75, 3.05) is 6.61 Å². The number of nitrogens with one attached hydrogen (secondary N) is 2. The van der Waals surface area contributed by atoms with Crippen LogP contribution in [0.25, 0.3) is 11.5 Å². The first-order valence-corrected chi connectivity index (χ1v) is 7.51. The summed E-state index contributed by atoms with van der Waals surface area (Å²) in [6, 6.07) is 5.45. The van der Waals surface area contributed by atoms with E-state index in [0.717, 1.165) is 17.7 Å². The fourth-order valence-corrected chi connectivity index (χ4v) is 2.50. The van der Waals surface area contributed by atoms with Gasteiger partial charge in [-0.25, -0.2) is 9.97 Å². The van der Waals surface area contributed by atoms with Gasteiger partial charge in [-0.15, -0.1) is 0 Å². The zero-order chi connectivity index (χ0) is 16.4. The van der Waals surface area contributed by atoms with Gasteiger partial charge in [0.05, 0.1) is 19.3 Å². The number of rotatable bonds is 4. The van der Waals surface area contributed by atoms with Gasteiger partial charge in [-0.05, 0) is 23.8 Å². The van der Waals surface area contributed by atoms with Gasteiger partial charge in [0.1, 0.15) is 17.3 Å². The summed E-state index contributed by atoms with van der Waals surface area (Å²) in [5, 5.41) is 9.69. The minimum Gasteiger partial charge on any atom is -0.493 e. The maximum Gasteiger partial charge on any atom is 0.251 e. The molecule has 2 N–H and O–H groups in total. The van der Waals surface area contributed by atoms with Gasteiger partial charge in [0.15, 0.2) is 0 Å².